The van der Waals surface area contributed by atoms with E-state index in [1.54, 1.807) is 6.33 Å². The molecule has 10 aromatic rings. The Morgan fingerprint density at radius 1 is 0.354 bits per heavy atom. The first-order chi connectivity index (χ1) is 31.8. The van der Waals surface area contributed by atoms with Gasteiger partial charge in [0.05, 0.1) is 27.9 Å². The summed E-state index contributed by atoms with van der Waals surface area (Å²) in [7, 11) is 0. The molecule has 0 radical (unpaired) electrons. The van der Waals surface area contributed by atoms with Crippen LogP contribution in [-0.2, 0) is 31.9 Å². The van der Waals surface area contributed by atoms with Gasteiger partial charge in [0.25, 0.3) is 0 Å². The zero-order valence-electron chi connectivity index (χ0n) is 35.0. The molecule has 0 saturated heterocycles. The smallest absolute Gasteiger partial charge is 0.260 e. The number of rotatable bonds is 8. The summed E-state index contributed by atoms with van der Waals surface area (Å²) in [6.45, 7) is 0. The minimum atomic E-state index is -0.747. The molecule has 0 amide bonds. The van der Waals surface area contributed by atoms with E-state index in [4.69, 9.17) is 15.0 Å². The summed E-state index contributed by atoms with van der Waals surface area (Å²) in [4.78, 5) is 19.6. The van der Waals surface area contributed by atoms with Crippen molar-refractivity contribution in [3.05, 3.63) is 310 Å². The molecule has 65 heavy (non-hydrogen) atoms. The molecular formula is C60H38N4Pt. The van der Waals surface area contributed by atoms with Crippen molar-refractivity contribution in [1.29, 1.82) is 0 Å². The third-order valence-corrected chi connectivity index (χ3v) is 13.1. The van der Waals surface area contributed by atoms with Crippen LogP contribution in [0.2, 0.25) is 0 Å². The predicted molar refractivity (Wildman–Crippen MR) is 254 cm³/mol. The average Bonchev–Trinajstić information content (AvgIpc) is 3.86. The van der Waals surface area contributed by atoms with Crippen LogP contribution in [0.15, 0.2) is 231 Å². The van der Waals surface area contributed by atoms with Crippen molar-refractivity contribution in [3.8, 4) is 22.3 Å². The molecule has 12 rings (SSSR count). The fourth-order valence-corrected chi connectivity index (χ4v) is 10.6. The summed E-state index contributed by atoms with van der Waals surface area (Å²) in [5.74, 6) is 0. The van der Waals surface area contributed by atoms with Crippen molar-refractivity contribution in [2.45, 2.75) is 10.8 Å². The van der Waals surface area contributed by atoms with Crippen LogP contribution in [0.5, 0.6) is 0 Å². The third kappa shape index (κ3) is 6.16. The Labute approximate surface area is 393 Å². The van der Waals surface area contributed by atoms with Crippen LogP contribution in [-0.4, -0.2) is 19.9 Å². The van der Waals surface area contributed by atoms with Crippen LogP contribution < -0.4 is 0 Å². The van der Waals surface area contributed by atoms with E-state index >= 15 is 0 Å². The van der Waals surface area contributed by atoms with Gasteiger partial charge in [0.2, 0.25) is 0 Å². The number of aromatic nitrogens is 4. The first kappa shape index (κ1) is 40.1. The molecule has 0 atom stereocenters. The maximum absolute atomic E-state index is 5.14. The molecule has 0 aliphatic heterocycles. The van der Waals surface area contributed by atoms with Gasteiger partial charge in [-0.2, -0.15) is 0 Å². The summed E-state index contributed by atoms with van der Waals surface area (Å²) in [6.07, 6.45) is 7.24. The molecule has 308 valence electrons. The van der Waals surface area contributed by atoms with Gasteiger partial charge in [-0.3, -0.25) is 9.97 Å². The second-order valence-electron chi connectivity index (χ2n) is 16.3. The number of pyridine rings is 2. The topological polar surface area (TPSA) is 51.6 Å². The Hall–Kier alpha value is -7.65. The number of nitrogens with zero attached hydrogens (tertiary/aromatic N) is 4. The van der Waals surface area contributed by atoms with Crippen LogP contribution in [0.3, 0.4) is 0 Å². The van der Waals surface area contributed by atoms with Crippen LogP contribution in [0.1, 0.15) is 67.2 Å². The SMILES string of the molecule is [Pt+2].[c-]1c(C(=C(c2ccccc2)c2ccncn2)c2[c-]c(C3(c4ccccn4)c4ccccc4-c4ccccc43)ccc2)cccc1C1(c2ccccn2)c2ccccc2-c2ccccc21. The monoisotopic (exact) mass is 1010 g/mol. The largest absolute Gasteiger partial charge is 2.00 e. The summed E-state index contributed by atoms with van der Waals surface area (Å²) in [6, 6.07) is 81.3. The van der Waals surface area contributed by atoms with E-state index in [1.165, 1.54) is 44.5 Å². The average molecular weight is 1010 g/mol. The summed E-state index contributed by atoms with van der Waals surface area (Å²) in [5, 5.41) is 0. The predicted octanol–water partition coefficient (Wildman–Crippen LogP) is 12.6. The van der Waals surface area contributed by atoms with Gasteiger partial charge in [-0.05, 0) is 86.0 Å². The molecule has 3 aromatic heterocycles. The van der Waals surface area contributed by atoms with Crippen molar-refractivity contribution >= 4 is 11.1 Å². The number of hydrogen-bond acceptors (Lipinski definition) is 4. The normalized spacial score (nSPS) is 13.4. The van der Waals surface area contributed by atoms with E-state index in [1.807, 2.05) is 36.8 Å². The van der Waals surface area contributed by atoms with Crippen molar-refractivity contribution in [1.82, 2.24) is 19.9 Å². The summed E-state index contributed by atoms with van der Waals surface area (Å²) < 4.78 is 0. The van der Waals surface area contributed by atoms with Gasteiger partial charge in [-0.15, -0.1) is 76.4 Å². The van der Waals surface area contributed by atoms with Gasteiger partial charge in [0.15, 0.2) is 0 Å². The molecule has 2 aliphatic carbocycles. The molecule has 7 aromatic carbocycles. The first-order valence-corrected chi connectivity index (χ1v) is 21.6. The fourth-order valence-electron chi connectivity index (χ4n) is 10.6. The Bertz CT molecular complexity index is 3070. The van der Waals surface area contributed by atoms with E-state index < -0.39 is 10.8 Å². The molecule has 5 heteroatoms. The molecule has 3 heterocycles. The maximum Gasteiger partial charge on any atom is 2.00 e. The molecule has 2 aliphatic rings. The molecule has 4 nitrogen and oxygen atoms in total. The van der Waals surface area contributed by atoms with E-state index in [0.29, 0.717) is 0 Å². The van der Waals surface area contributed by atoms with Gasteiger partial charge in [0, 0.05) is 18.6 Å². The zero-order valence-corrected chi connectivity index (χ0v) is 37.3. The van der Waals surface area contributed by atoms with Crippen molar-refractivity contribution in [3.63, 3.8) is 0 Å². The Morgan fingerprint density at radius 2 is 0.785 bits per heavy atom. The second-order valence-corrected chi connectivity index (χ2v) is 16.3. The van der Waals surface area contributed by atoms with Crippen LogP contribution in [0.4, 0.5) is 0 Å². The maximum atomic E-state index is 5.14. The fraction of sp³-hybridized carbons (Fsp3) is 0.0333. The molecule has 0 spiro atoms. The number of benzene rings is 7. The molecule has 0 saturated carbocycles. The number of hydrogen-bond donors (Lipinski definition) is 0. The molecular weight excluding hydrogens is 972 g/mol. The van der Waals surface area contributed by atoms with Crippen molar-refractivity contribution < 1.29 is 21.1 Å². The standard InChI is InChI=1S/C60H38N4.Pt/c1-2-18-41(19-3-1)58(54-34-37-61-40-64-54)57(42-20-16-22-44(38-42)59(55-32-12-14-35-62-55)50-28-8-4-24-46(50)47-25-5-9-29-51(47)59)43-21-17-23-45(39-43)60(56-33-13-15-36-63-56)52-30-10-6-26-48(52)49-27-7-11-31-53(49)60;/h1-37,40H;/q-2;+2. The minimum Gasteiger partial charge on any atom is -0.260 e. The van der Waals surface area contributed by atoms with Gasteiger partial charge in [0.1, 0.15) is 6.33 Å². The van der Waals surface area contributed by atoms with Gasteiger partial charge in [-0.25, -0.2) is 9.97 Å². The van der Waals surface area contributed by atoms with Gasteiger partial charge in [-0.1, -0.05) is 140 Å². The van der Waals surface area contributed by atoms with Crippen LogP contribution >= 0.6 is 0 Å². The van der Waals surface area contributed by atoms with Gasteiger partial charge >= 0.3 is 21.1 Å². The Morgan fingerprint density at radius 3 is 1.20 bits per heavy atom. The Kier molecular flexibility index (Phi) is 10.2. The molecule has 0 fully saturated rings. The minimum absolute atomic E-state index is 0. The quantitative estimate of drug-likeness (QED) is 0.112. The molecule has 0 bridgehead atoms. The zero-order chi connectivity index (χ0) is 42.5. The molecule has 0 unspecified atom stereocenters. The van der Waals surface area contributed by atoms with Crippen LogP contribution in [0.25, 0.3) is 33.4 Å². The van der Waals surface area contributed by atoms with E-state index in [0.717, 1.165) is 56.0 Å². The second kappa shape index (κ2) is 16.5. The third-order valence-electron chi connectivity index (χ3n) is 13.1. The van der Waals surface area contributed by atoms with Gasteiger partial charge < -0.3 is 0 Å². The first-order valence-electron chi connectivity index (χ1n) is 21.6. The molecule has 0 N–H and O–H groups in total. The van der Waals surface area contributed by atoms with Crippen molar-refractivity contribution in [2.75, 3.05) is 0 Å². The summed E-state index contributed by atoms with van der Waals surface area (Å²) >= 11 is 0. The summed E-state index contributed by atoms with van der Waals surface area (Å²) in [5.41, 5.74) is 17.4. The van der Waals surface area contributed by atoms with Crippen LogP contribution in [0, 0.1) is 12.1 Å². The van der Waals surface area contributed by atoms with Crippen molar-refractivity contribution in [2.24, 2.45) is 0 Å². The Balaban J connectivity index is 0.00000469. The number of fused-ring (bicyclic) bond motifs is 6. The van der Waals surface area contributed by atoms with E-state index in [2.05, 4.69) is 205 Å². The van der Waals surface area contributed by atoms with E-state index in [-0.39, 0.29) is 21.1 Å². The van der Waals surface area contributed by atoms with E-state index in [9.17, 15) is 0 Å².